The summed E-state index contributed by atoms with van der Waals surface area (Å²) >= 11 is 1.39. The highest BCUT2D eigenvalue weighted by molar-refractivity contribution is 7.98. The van der Waals surface area contributed by atoms with Crippen LogP contribution in [-0.2, 0) is 30.6 Å². The normalized spacial score (nSPS) is 10.8. The molecule has 0 bridgehead atoms. The van der Waals surface area contributed by atoms with Gasteiger partial charge in [0.25, 0.3) is 0 Å². The molecule has 0 aliphatic carbocycles. The van der Waals surface area contributed by atoms with Crippen molar-refractivity contribution >= 4 is 17.7 Å². The molecular weight excluding hydrogens is 268 g/mol. The third-order valence-electron chi connectivity index (χ3n) is 2.52. The lowest BCUT2D eigenvalue weighted by atomic mass is 10.3. The highest BCUT2D eigenvalue weighted by atomic mass is 32.2. The molecule has 8 nitrogen and oxygen atoms in total. The molecule has 2 aromatic rings. The van der Waals surface area contributed by atoms with Crippen molar-refractivity contribution in [1.29, 1.82) is 0 Å². The number of hydrogen-bond acceptors (Lipinski definition) is 6. The molecule has 1 N–H and O–H groups in total. The van der Waals surface area contributed by atoms with E-state index in [1.54, 1.807) is 0 Å². The molecule has 0 fully saturated rings. The number of aliphatic carboxylic acids is 1. The highest BCUT2D eigenvalue weighted by Gasteiger charge is 2.11. The largest absolute Gasteiger partial charge is 0.480 e. The summed E-state index contributed by atoms with van der Waals surface area (Å²) in [7, 11) is 1.88. The minimum Gasteiger partial charge on any atom is -0.480 e. The lowest BCUT2D eigenvalue weighted by Crippen LogP contribution is -2.11. The van der Waals surface area contributed by atoms with Crippen molar-refractivity contribution in [2.24, 2.45) is 7.05 Å². The molecule has 0 radical (unpaired) electrons. The molecule has 0 unspecified atom stereocenters. The quantitative estimate of drug-likeness (QED) is 0.763. The number of thioether (sulfide) groups is 1. The lowest BCUT2D eigenvalue weighted by molar-refractivity contribution is -0.138. The second-order valence-corrected chi connectivity index (χ2v) is 4.85. The van der Waals surface area contributed by atoms with Gasteiger partial charge in [0.15, 0.2) is 0 Å². The Morgan fingerprint density at radius 2 is 2.32 bits per heavy atom. The maximum Gasteiger partial charge on any atom is 0.325 e. The molecule has 102 valence electrons. The minimum absolute atomic E-state index is 0.235. The van der Waals surface area contributed by atoms with Crippen LogP contribution in [-0.4, -0.2) is 41.1 Å². The Balaban J connectivity index is 2.04. The van der Waals surface area contributed by atoms with Crippen LogP contribution in [0, 0.1) is 0 Å². The van der Waals surface area contributed by atoms with Crippen LogP contribution >= 0.6 is 11.8 Å². The Kier molecular flexibility index (Phi) is 4.15. The molecular formula is C10H14N6O2S. The fourth-order valence-electron chi connectivity index (χ4n) is 1.55. The molecule has 0 aliphatic heterocycles. The fraction of sp³-hybridized carbons (Fsp3) is 0.500. The number of aromatic nitrogens is 6. The van der Waals surface area contributed by atoms with Crippen LogP contribution in [0.3, 0.4) is 0 Å². The second-order valence-electron chi connectivity index (χ2n) is 3.91. The minimum atomic E-state index is -0.969. The van der Waals surface area contributed by atoms with E-state index in [-0.39, 0.29) is 6.54 Å². The number of aryl methyl sites for hydroxylation is 2. The van der Waals surface area contributed by atoms with Gasteiger partial charge in [0.1, 0.15) is 6.54 Å². The van der Waals surface area contributed by atoms with E-state index in [1.807, 2.05) is 24.7 Å². The zero-order chi connectivity index (χ0) is 13.8. The standard InChI is InChI=1S/C10H14N6O2S/c1-3-7-4-8(15(2)12-7)6-19-10-11-13-14-16(10)5-9(17)18/h4H,3,5-6H2,1-2H3,(H,17,18). The van der Waals surface area contributed by atoms with Gasteiger partial charge in [-0.2, -0.15) is 5.10 Å². The Morgan fingerprint density at radius 3 is 2.95 bits per heavy atom. The first kappa shape index (κ1) is 13.5. The summed E-state index contributed by atoms with van der Waals surface area (Å²) in [6.07, 6.45) is 0.884. The van der Waals surface area contributed by atoms with Crippen molar-refractivity contribution in [2.45, 2.75) is 30.8 Å². The monoisotopic (exact) mass is 282 g/mol. The van der Waals surface area contributed by atoms with Gasteiger partial charge in [-0.25, -0.2) is 4.68 Å². The van der Waals surface area contributed by atoms with E-state index in [4.69, 9.17) is 5.11 Å². The summed E-state index contributed by atoms with van der Waals surface area (Å²) in [5, 5.41) is 24.5. The van der Waals surface area contributed by atoms with Gasteiger partial charge in [-0.05, 0) is 22.9 Å². The number of nitrogens with zero attached hydrogens (tertiary/aromatic N) is 6. The van der Waals surface area contributed by atoms with Crippen molar-refractivity contribution in [3.05, 3.63) is 17.5 Å². The Morgan fingerprint density at radius 1 is 1.53 bits per heavy atom. The third kappa shape index (κ3) is 3.31. The second kappa shape index (κ2) is 5.83. The molecule has 2 rings (SSSR count). The van der Waals surface area contributed by atoms with E-state index in [1.165, 1.54) is 16.4 Å². The fourth-order valence-corrected chi connectivity index (χ4v) is 2.44. The number of hydrogen-bond donors (Lipinski definition) is 1. The van der Waals surface area contributed by atoms with Crippen LogP contribution in [0.2, 0.25) is 0 Å². The van der Waals surface area contributed by atoms with E-state index in [0.717, 1.165) is 17.8 Å². The summed E-state index contributed by atoms with van der Waals surface area (Å²) < 4.78 is 3.08. The van der Waals surface area contributed by atoms with Crippen molar-refractivity contribution in [2.75, 3.05) is 0 Å². The van der Waals surface area contributed by atoms with Gasteiger partial charge in [-0.15, -0.1) is 5.10 Å². The van der Waals surface area contributed by atoms with Gasteiger partial charge in [-0.1, -0.05) is 18.7 Å². The average Bonchev–Trinajstić information content (AvgIpc) is 2.93. The van der Waals surface area contributed by atoms with Gasteiger partial charge in [0.2, 0.25) is 5.16 Å². The molecule has 0 saturated heterocycles. The molecule has 2 heterocycles. The summed E-state index contributed by atoms with van der Waals surface area (Å²) in [5.74, 6) is -0.327. The summed E-state index contributed by atoms with van der Waals surface area (Å²) in [6, 6.07) is 2.03. The van der Waals surface area contributed by atoms with E-state index in [9.17, 15) is 4.79 Å². The van der Waals surface area contributed by atoms with Crippen LogP contribution < -0.4 is 0 Å². The number of carboxylic acids is 1. The highest BCUT2D eigenvalue weighted by Crippen LogP contribution is 2.20. The summed E-state index contributed by atoms with van der Waals surface area (Å²) in [5.41, 5.74) is 2.08. The van der Waals surface area contributed by atoms with E-state index < -0.39 is 5.97 Å². The molecule has 0 aliphatic rings. The Hall–Kier alpha value is -1.90. The summed E-state index contributed by atoms with van der Waals surface area (Å²) in [4.78, 5) is 10.6. The molecule has 9 heteroatoms. The zero-order valence-corrected chi connectivity index (χ0v) is 11.5. The zero-order valence-electron chi connectivity index (χ0n) is 10.6. The van der Waals surface area contributed by atoms with Crippen LogP contribution in [0.4, 0.5) is 0 Å². The first-order valence-electron chi connectivity index (χ1n) is 5.72. The number of rotatable bonds is 6. The molecule has 0 saturated carbocycles. The van der Waals surface area contributed by atoms with Crippen molar-refractivity contribution < 1.29 is 9.90 Å². The SMILES string of the molecule is CCc1cc(CSc2nnnn2CC(=O)O)n(C)n1. The smallest absolute Gasteiger partial charge is 0.325 e. The van der Waals surface area contributed by atoms with Crippen LogP contribution in [0.1, 0.15) is 18.3 Å². The van der Waals surface area contributed by atoms with Crippen molar-refractivity contribution in [3.8, 4) is 0 Å². The van der Waals surface area contributed by atoms with E-state index >= 15 is 0 Å². The predicted molar refractivity (Wildman–Crippen MR) is 67.6 cm³/mol. The Bertz CT molecular complexity index is 578. The van der Waals surface area contributed by atoms with Crippen molar-refractivity contribution in [1.82, 2.24) is 30.0 Å². The molecule has 0 amide bonds. The van der Waals surface area contributed by atoms with Gasteiger partial charge in [-0.3, -0.25) is 9.48 Å². The maximum atomic E-state index is 10.6. The summed E-state index contributed by atoms with van der Waals surface area (Å²) in [6.45, 7) is 1.81. The average molecular weight is 282 g/mol. The predicted octanol–water partition coefficient (Wildman–Crippen LogP) is 0.346. The lowest BCUT2D eigenvalue weighted by Gasteiger charge is -2.01. The van der Waals surface area contributed by atoms with Gasteiger partial charge < -0.3 is 5.11 Å². The van der Waals surface area contributed by atoms with E-state index in [0.29, 0.717) is 10.9 Å². The molecule has 0 spiro atoms. The molecule has 2 aromatic heterocycles. The molecule has 19 heavy (non-hydrogen) atoms. The third-order valence-corrected chi connectivity index (χ3v) is 3.51. The van der Waals surface area contributed by atoms with Gasteiger partial charge >= 0.3 is 5.97 Å². The van der Waals surface area contributed by atoms with Gasteiger partial charge in [0, 0.05) is 18.5 Å². The van der Waals surface area contributed by atoms with Crippen LogP contribution in [0.25, 0.3) is 0 Å². The number of tetrazole rings is 1. The van der Waals surface area contributed by atoms with E-state index in [2.05, 4.69) is 20.6 Å². The first-order valence-corrected chi connectivity index (χ1v) is 6.71. The number of carboxylic acid groups (broad SMARTS) is 1. The van der Waals surface area contributed by atoms with Gasteiger partial charge in [0.05, 0.1) is 5.69 Å². The topological polar surface area (TPSA) is 98.7 Å². The number of carbonyl (C=O) groups is 1. The maximum absolute atomic E-state index is 10.6. The Labute approximate surface area is 113 Å². The van der Waals surface area contributed by atoms with Crippen LogP contribution in [0.15, 0.2) is 11.2 Å². The molecule has 0 aromatic carbocycles. The van der Waals surface area contributed by atoms with Crippen LogP contribution in [0.5, 0.6) is 0 Å². The molecule has 0 atom stereocenters. The van der Waals surface area contributed by atoms with Crippen molar-refractivity contribution in [3.63, 3.8) is 0 Å². The first-order chi connectivity index (χ1) is 9.10.